The van der Waals surface area contributed by atoms with E-state index in [9.17, 15) is 9.59 Å². The molecule has 1 saturated heterocycles. The second-order valence-corrected chi connectivity index (χ2v) is 11.3. The fourth-order valence-electron chi connectivity index (χ4n) is 1.91. The number of amides is 1. The van der Waals surface area contributed by atoms with Gasteiger partial charge >= 0.3 is 6.09 Å². The van der Waals surface area contributed by atoms with Gasteiger partial charge in [0.05, 0.1) is 14.1 Å². The van der Waals surface area contributed by atoms with Crippen LogP contribution in [0.15, 0.2) is 0 Å². The maximum absolute atomic E-state index is 11.7. The van der Waals surface area contributed by atoms with Gasteiger partial charge in [0.15, 0.2) is 5.78 Å². The van der Waals surface area contributed by atoms with Gasteiger partial charge in [0.2, 0.25) is 0 Å². The van der Waals surface area contributed by atoms with E-state index in [1.54, 1.807) is 0 Å². The number of carbonyl (C=O) groups excluding carboxylic acids is 2. The molecular weight excluding hydrogens is 222 g/mol. The number of rotatable bonds is 1. The molecule has 1 heterocycles. The number of hydrogen-bond donors (Lipinski definition) is 1. The lowest BCUT2D eigenvalue weighted by Crippen LogP contribution is -2.41. The van der Waals surface area contributed by atoms with Gasteiger partial charge in [-0.25, -0.2) is 4.79 Å². The molecule has 0 spiro atoms. The van der Waals surface area contributed by atoms with Gasteiger partial charge in [-0.05, 0) is 26.8 Å². The minimum Gasteiger partial charge on any atom is -0.444 e. The van der Waals surface area contributed by atoms with Crippen LogP contribution >= 0.6 is 0 Å². The molecule has 16 heavy (non-hydrogen) atoms. The van der Waals surface area contributed by atoms with Crippen LogP contribution in [0.25, 0.3) is 0 Å². The molecule has 1 atom stereocenters. The van der Waals surface area contributed by atoms with Crippen molar-refractivity contribution in [1.82, 2.24) is 5.32 Å². The predicted molar refractivity (Wildman–Crippen MR) is 65.3 cm³/mol. The lowest BCUT2D eigenvalue weighted by atomic mass is 10.2. The first kappa shape index (κ1) is 13.2. The van der Waals surface area contributed by atoms with Crippen LogP contribution in [0.3, 0.4) is 0 Å². The fraction of sp³-hybridized carbons (Fsp3) is 0.818. The van der Waals surface area contributed by atoms with Gasteiger partial charge < -0.3 is 10.1 Å². The number of alkyl carbamates (subject to hydrolysis) is 1. The molecular formula is C11H21NO3Si. The minimum absolute atomic E-state index is 0.155. The first-order chi connectivity index (χ1) is 7.09. The third kappa shape index (κ3) is 3.96. The third-order valence-corrected chi connectivity index (χ3v) is 5.31. The van der Waals surface area contributed by atoms with E-state index >= 15 is 0 Å². The first-order valence-electron chi connectivity index (χ1n) is 5.61. The zero-order valence-corrected chi connectivity index (χ0v) is 11.7. The lowest BCUT2D eigenvalue weighted by Gasteiger charge is -2.21. The van der Waals surface area contributed by atoms with Crippen LogP contribution in [-0.4, -0.2) is 31.6 Å². The fourth-order valence-corrected chi connectivity index (χ4v) is 4.68. The largest absolute Gasteiger partial charge is 0.444 e. The Morgan fingerprint density at radius 3 is 2.38 bits per heavy atom. The van der Waals surface area contributed by atoms with Gasteiger partial charge in [-0.3, -0.25) is 4.79 Å². The maximum Gasteiger partial charge on any atom is 0.408 e. The summed E-state index contributed by atoms with van der Waals surface area (Å²) in [6.07, 6.45) is -0.488. The second kappa shape index (κ2) is 4.20. The van der Waals surface area contributed by atoms with Crippen LogP contribution in [0, 0.1) is 0 Å². The van der Waals surface area contributed by atoms with E-state index in [1.165, 1.54) is 0 Å². The van der Waals surface area contributed by atoms with E-state index in [1.807, 2.05) is 20.8 Å². The van der Waals surface area contributed by atoms with Crippen LogP contribution in [0.4, 0.5) is 4.79 Å². The molecule has 4 nitrogen and oxygen atoms in total. The van der Waals surface area contributed by atoms with Gasteiger partial charge in [0.1, 0.15) is 5.60 Å². The molecule has 0 bridgehead atoms. The average Bonchev–Trinajstić information content (AvgIpc) is 2.19. The molecule has 1 aliphatic rings. The topological polar surface area (TPSA) is 55.4 Å². The molecule has 0 aliphatic carbocycles. The van der Waals surface area contributed by atoms with Crippen LogP contribution in [0.5, 0.6) is 0 Å². The van der Waals surface area contributed by atoms with Gasteiger partial charge in [-0.1, -0.05) is 13.1 Å². The summed E-state index contributed by atoms with van der Waals surface area (Å²) in [6.45, 7) is 9.76. The molecule has 0 radical (unpaired) electrons. The van der Waals surface area contributed by atoms with Gasteiger partial charge in [-0.2, -0.15) is 0 Å². The van der Waals surface area contributed by atoms with Gasteiger partial charge in [-0.15, -0.1) is 0 Å². The van der Waals surface area contributed by atoms with Crippen molar-refractivity contribution in [3.63, 3.8) is 0 Å². The summed E-state index contributed by atoms with van der Waals surface area (Å²) in [5.41, 5.74) is -0.515. The van der Waals surface area contributed by atoms with E-state index in [2.05, 4.69) is 18.4 Å². The summed E-state index contributed by atoms with van der Waals surface area (Å²) < 4.78 is 5.13. The molecule has 1 fully saturated rings. The maximum atomic E-state index is 11.7. The average molecular weight is 243 g/mol. The molecule has 1 aliphatic heterocycles. The highest BCUT2D eigenvalue weighted by Gasteiger charge is 2.40. The zero-order chi connectivity index (χ0) is 12.6. The van der Waals surface area contributed by atoms with Crippen molar-refractivity contribution in [2.24, 2.45) is 0 Å². The standard InChI is InChI=1S/C11H21NO3Si/c1-11(2,3)15-10(14)12-8-6-16(4,5)7-9(8)13/h8H,6-7H2,1-5H3,(H,12,14)/t8-/m0/s1. The number of nitrogens with one attached hydrogen (secondary N) is 1. The molecule has 0 aromatic heterocycles. The summed E-state index contributed by atoms with van der Waals surface area (Å²) in [5, 5.41) is 2.66. The van der Waals surface area contributed by atoms with Crippen molar-refractivity contribution < 1.29 is 14.3 Å². The summed E-state index contributed by atoms with van der Waals surface area (Å²) in [7, 11) is -1.41. The predicted octanol–water partition coefficient (Wildman–Crippen LogP) is 2.17. The summed E-state index contributed by atoms with van der Waals surface area (Å²) in [4.78, 5) is 23.2. The number of hydrogen-bond acceptors (Lipinski definition) is 3. The second-order valence-electron chi connectivity index (χ2n) is 6.21. The van der Waals surface area contributed by atoms with Crippen LogP contribution < -0.4 is 5.32 Å². The molecule has 1 amide bonds. The van der Waals surface area contributed by atoms with E-state index in [-0.39, 0.29) is 11.8 Å². The van der Waals surface area contributed by atoms with E-state index in [0.29, 0.717) is 6.04 Å². The Labute approximate surface area is 97.8 Å². The van der Waals surface area contributed by atoms with Crippen LogP contribution in [0.1, 0.15) is 20.8 Å². The van der Waals surface area contributed by atoms with Gasteiger partial charge in [0, 0.05) is 6.04 Å². The van der Waals surface area contributed by atoms with Crippen LogP contribution in [-0.2, 0) is 9.53 Å². The number of ether oxygens (including phenoxy) is 1. The SMILES string of the molecule is CC(C)(C)OC(=O)N[C@H]1C[Si](C)(C)CC1=O. The highest BCUT2D eigenvalue weighted by molar-refractivity contribution is 6.82. The number of Topliss-reactive ketones (excluding diaryl/α,β-unsaturated/α-hetero) is 1. The molecule has 92 valence electrons. The molecule has 0 aromatic carbocycles. The van der Waals surface area contributed by atoms with Crippen molar-refractivity contribution in [3.05, 3.63) is 0 Å². The number of carbonyl (C=O) groups is 2. The van der Waals surface area contributed by atoms with Crippen molar-refractivity contribution in [1.29, 1.82) is 0 Å². The van der Waals surface area contributed by atoms with Crippen molar-refractivity contribution >= 4 is 20.0 Å². The molecule has 1 N–H and O–H groups in total. The quantitative estimate of drug-likeness (QED) is 0.718. The lowest BCUT2D eigenvalue weighted by molar-refractivity contribution is -0.117. The smallest absolute Gasteiger partial charge is 0.408 e. The zero-order valence-electron chi connectivity index (χ0n) is 10.7. The molecule has 0 unspecified atom stereocenters. The van der Waals surface area contributed by atoms with Crippen LogP contribution in [0.2, 0.25) is 25.2 Å². The highest BCUT2D eigenvalue weighted by Crippen LogP contribution is 2.27. The van der Waals surface area contributed by atoms with E-state index in [4.69, 9.17) is 4.74 Å². The summed E-state index contributed by atoms with van der Waals surface area (Å²) in [5.74, 6) is 0.155. The Hall–Kier alpha value is -0.843. The van der Waals surface area contributed by atoms with E-state index in [0.717, 1.165) is 6.04 Å². The van der Waals surface area contributed by atoms with Gasteiger partial charge in [0.25, 0.3) is 0 Å². The Morgan fingerprint density at radius 2 is 2.00 bits per heavy atom. The monoisotopic (exact) mass is 243 g/mol. The van der Waals surface area contributed by atoms with Crippen molar-refractivity contribution in [2.75, 3.05) is 0 Å². The molecule has 0 aromatic rings. The Kier molecular flexibility index (Phi) is 3.47. The summed E-state index contributed by atoms with van der Waals surface area (Å²) >= 11 is 0. The Balaban J connectivity index is 2.50. The Bertz CT molecular complexity index is 307. The minimum atomic E-state index is -1.41. The number of ketones is 1. The normalized spacial score (nSPS) is 24.3. The highest BCUT2D eigenvalue weighted by atomic mass is 28.3. The van der Waals surface area contributed by atoms with Crippen molar-refractivity contribution in [2.45, 2.75) is 57.6 Å². The molecule has 0 saturated carbocycles. The molecule has 1 rings (SSSR count). The summed E-state index contributed by atoms with van der Waals surface area (Å²) in [6, 6.07) is 1.16. The molecule has 5 heteroatoms. The van der Waals surface area contributed by atoms with Crippen molar-refractivity contribution in [3.8, 4) is 0 Å². The first-order valence-corrected chi connectivity index (χ1v) is 9.03. The van der Waals surface area contributed by atoms with E-state index < -0.39 is 19.8 Å². The third-order valence-electron chi connectivity index (χ3n) is 2.49. The Morgan fingerprint density at radius 1 is 1.44 bits per heavy atom.